The van der Waals surface area contributed by atoms with E-state index in [1.54, 1.807) is 6.20 Å². The molecule has 0 aliphatic carbocycles. The molecule has 2 heterocycles. The maximum absolute atomic E-state index is 13.9. The standard InChI is InChI=1S/C28H25N3O3/c32-27(26(21-12-6-2-7-13-21)22-14-8-3-9-15-22)31-19-25-29-17-23(16-20-10-4-1-5-11-20)30(25)18-24(31)28(33)34/h1-15,17,24,26H,16,18-19H2,(H,33,34)/t24-/m0/s1. The van der Waals surface area contributed by atoms with Crippen LogP contribution >= 0.6 is 0 Å². The fourth-order valence-electron chi connectivity index (χ4n) is 4.66. The van der Waals surface area contributed by atoms with Crippen LogP contribution in [0.4, 0.5) is 0 Å². The molecule has 0 fully saturated rings. The Hall–Kier alpha value is -4.19. The van der Waals surface area contributed by atoms with Gasteiger partial charge in [0.15, 0.2) is 0 Å². The minimum Gasteiger partial charge on any atom is -0.480 e. The average molecular weight is 452 g/mol. The topological polar surface area (TPSA) is 75.4 Å². The van der Waals surface area contributed by atoms with Gasteiger partial charge in [0.05, 0.1) is 19.0 Å². The van der Waals surface area contributed by atoms with Crippen molar-refractivity contribution in [2.24, 2.45) is 0 Å². The molecule has 0 radical (unpaired) electrons. The molecule has 6 nitrogen and oxygen atoms in total. The third-order valence-corrected chi connectivity index (χ3v) is 6.37. The molecular weight excluding hydrogens is 426 g/mol. The average Bonchev–Trinajstić information content (AvgIpc) is 3.27. The van der Waals surface area contributed by atoms with Crippen LogP contribution in [0.15, 0.2) is 97.2 Å². The van der Waals surface area contributed by atoms with E-state index in [4.69, 9.17) is 0 Å². The molecule has 1 atom stereocenters. The molecule has 34 heavy (non-hydrogen) atoms. The van der Waals surface area contributed by atoms with Gasteiger partial charge in [-0.25, -0.2) is 9.78 Å². The van der Waals surface area contributed by atoms with Gasteiger partial charge in [0.2, 0.25) is 5.91 Å². The molecule has 170 valence electrons. The maximum atomic E-state index is 13.9. The SMILES string of the molecule is O=C(O)[C@@H]1Cn2c(Cc3ccccc3)cnc2CN1C(=O)C(c1ccccc1)c1ccccc1. The number of rotatable bonds is 6. The van der Waals surface area contributed by atoms with E-state index >= 15 is 0 Å². The number of aliphatic carboxylic acids is 1. The van der Waals surface area contributed by atoms with Crippen molar-refractivity contribution in [3.8, 4) is 0 Å². The zero-order valence-electron chi connectivity index (χ0n) is 18.6. The molecule has 1 aliphatic rings. The van der Waals surface area contributed by atoms with Crippen molar-refractivity contribution >= 4 is 11.9 Å². The molecule has 0 saturated heterocycles. The third kappa shape index (κ3) is 4.22. The lowest BCUT2D eigenvalue weighted by molar-refractivity contribution is -0.153. The highest BCUT2D eigenvalue weighted by Gasteiger charge is 2.39. The lowest BCUT2D eigenvalue weighted by atomic mass is 9.89. The molecule has 1 amide bonds. The number of aromatic nitrogens is 2. The van der Waals surface area contributed by atoms with Gasteiger partial charge in [-0.1, -0.05) is 91.0 Å². The van der Waals surface area contributed by atoms with Crippen molar-refractivity contribution in [3.63, 3.8) is 0 Å². The quantitative estimate of drug-likeness (QED) is 0.479. The number of benzene rings is 3. The van der Waals surface area contributed by atoms with Crippen LogP contribution < -0.4 is 0 Å². The fourth-order valence-corrected chi connectivity index (χ4v) is 4.66. The Bertz CT molecular complexity index is 1250. The molecule has 0 bridgehead atoms. The highest BCUT2D eigenvalue weighted by Crippen LogP contribution is 2.30. The zero-order valence-corrected chi connectivity index (χ0v) is 18.6. The van der Waals surface area contributed by atoms with E-state index in [-0.39, 0.29) is 19.0 Å². The van der Waals surface area contributed by atoms with E-state index in [0.29, 0.717) is 12.2 Å². The number of fused-ring (bicyclic) bond motifs is 1. The molecule has 3 aromatic carbocycles. The van der Waals surface area contributed by atoms with E-state index in [1.807, 2.05) is 95.6 Å². The second-order valence-corrected chi connectivity index (χ2v) is 8.51. The Kier molecular flexibility index (Phi) is 5.95. The monoisotopic (exact) mass is 451 g/mol. The molecule has 4 aromatic rings. The minimum atomic E-state index is -1.02. The first kappa shape index (κ1) is 21.6. The van der Waals surface area contributed by atoms with Crippen LogP contribution in [0, 0.1) is 0 Å². The number of hydrogen-bond donors (Lipinski definition) is 1. The highest BCUT2D eigenvalue weighted by molar-refractivity contribution is 5.91. The van der Waals surface area contributed by atoms with Crippen molar-refractivity contribution in [2.45, 2.75) is 31.5 Å². The van der Waals surface area contributed by atoms with Crippen molar-refractivity contribution in [1.29, 1.82) is 0 Å². The van der Waals surface area contributed by atoms with Gasteiger partial charge in [-0.15, -0.1) is 0 Å². The van der Waals surface area contributed by atoms with Crippen LogP contribution in [0.5, 0.6) is 0 Å². The van der Waals surface area contributed by atoms with Crippen LogP contribution in [0.25, 0.3) is 0 Å². The summed E-state index contributed by atoms with van der Waals surface area (Å²) >= 11 is 0. The molecular formula is C28H25N3O3. The molecule has 0 saturated carbocycles. The summed E-state index contributed by atoms with van der Waals surface area (Å²) in [7, 11) is 0. The number of imidazole rings is 1. The fraction of sp³-hybridized carbons (Fsp3) is 0.179. The molecule has 0 unspecified atom stereocenters. The first-order chi connectivity index (χ1) is 16.6. The highest BCUT2D eigenvalue weighted by atomic mass is 16.4. The van der Waals surface area contributed by atoms with E-state index in [9.17, 15) is 14.7 Å². The number of hydrogen-bond acceptors (Lipinski definition) is 3. The number of nitrogens with zero attached hydrogens (tertiary/aromatic N) is 3. The summed E-state index contributed by atoms with van der Waals surface area (Å²) in [5, 5.41) is 10.1. The summed E-state index contributed by atoms with van der Waals surface area (Å²) in [5.74, 6) is -1.13. The van der Waals surface area contributed by atoms with Crippen LogP contribution in [0.2, 0.25) is 0 Å². The summed E-state index contributed by atoms with van der Waals surface area (Å²) < 4.78 is 1.95. The molecule has 1 aliphatic heterocycles. The van der Waals surface area contributed by atoms with Crippen molar-refractivity contribution in [3.05, 3.63) is 125 Å². The van der Waals surface area contributed by atoms with Crippen LogP contribution in [-0.4, -0.2) is 37.5 Å². The second kappa shape index (κ2) is 9.35. The molecule has 0 spiro atoms. The number of carbonyl (C=O) groups excluding carboxylic acids is 1. The van der Waals surface area contributed by atoms with Gasteiger partial charge in [-0.2, -0.15) is 0 Å². The van der Waals surface area contributed by atoms with Crippen molar-refractivity contribution in [1.82, 2.24) is 14.5 Å². The smallest absolute Gasteiger partial charge is 0.328 e. The van der Waals surface area contributed by atoms with Gasteiger partial charge in [0.25, 0.3) is 0 Å². The molecule has 1 aromatic heterocycles. The minimum absolute atomic E-state index is 0.154. The second-order valence-electron chi connectivity index (χ2n) is 8.51. The first-order valence-corrected chi connectivity index (χ1v) is 11.3. The van der Waals surface area contributed by atoms with Gasteiger partial charge in [-0.3, -0.25) is 4.79 Å². The maximum Gasteiger partial charge on any atom is 0.328 e. The van der Waals surface area contributed by atoms with Gasteiger partial charge < -0.3 is 14.6 Å². The van der Waals surface area contributed by atoms with E-state index in [1.165, 1.54) is 4.90 Å². The first-order valence-electron chi connectivity index (χ1n) is 11.3. The van der Waals surface area contributed by atoms with Gasteiger partial charge in [0, 0.05) is 18.3 Å². The lowest BCUT2D eigenvalue weighted by Gasteiger charge is -2.36. The summed E-state index contributed by atoms with van der Waals surface area (Å²) in [4.78, 5) is 32.3. The number of carboxylic acid groups (broad SMARTS) is 1. The summed E-state index contributed by atoms with van der Waals surface area (Å²) in [6, 6.07) is 28.1. The Morgan fingerprint density at radius 3 is 2.00 bits per heavy atom. The summed E-state index contributed by atoms with van der Waals surface area (Å²) in [5.41, 5.74) is 3.74. The van der Waals surface area contributed by atoms with Gasteiger partial charge in [0.1, 0.15) is 11.9 Å². The largest absolute Gasteiger partial charge is 0.480 e. The molecule has 6 heteroatoms. The Morgan fingerprint density at radius 2 is 1.44 bits per heavy atom. The van der Waals surface area contributed by atoms with Crippen molar-refractivity contribution in [2.75, 3.05) is 0 Å². The van der Waals surface area contributed by atoms with E-state index in [0.717, 1.165) is 22.4 Å². The van der Waals surface area contributed by atoms with Crippen LogP contribution in [0.3, 0.4) is 0 Å². The summed E-state index contributed by atoms with van der Waals surface area (Å²) in [6.07, 6.45) is 2.45. The van der Waals surface area contributed by atoms with Gasteiger partial charge in [-0.05, 0) is 16.7 Å². The Morgan fingerprint density at radius 1 is 0.882 bits per heavy atom. The predicted octanol–water partition coefficient (Wildman–Crippen LogP) is 4.10. The predicted molar refractivity (Wildman–Crippen MR) is 128 cm³/mol. The zero-order chi connectivity index (χ0) is 23.5. The van der Waals surface area contributed by atoms with Gasteiger partial charge >= 0.3 is 5.97 Å². The lowest BCUT2D eigenvalue weighted by Crippen LogP contribution is -2.52. The Balaban J connectivity index is 1.49. The van der Waals surface area contributed by atoms with Crippen LogP contribution in [0.1, 0.15) is 34.1 Å². The normalized spacial score (nSPS) is 15.2. The Labute approximate surface area is 198 Å². The number of carboxylic acids is 1. The third-order valence-electron chi connectivity index (χ3n) is 6.37. The molecule has 5 rings (SSSR count). The van der Waals surface area contributed by atoms with E-state index in [2.05, 4.69) is 4.98 Å². The molecule has 1 N–H and O–H groups in total. The van der Waals surface area contributed by atoms with Crippen molar-refractivity contribution < 1.29 is 14.7 Å². The van der Waals surface area contributed by atoms with E-state index < -0.39 is 17.9 Å². The number of carbonyl (C=O) groups is 2. The number of amides is 1. The van der Waals surface area contributed by atoms with Crippen LogP contribution in [-0.2, 0) is 29.1 Å². The summed E-state index contributed by atoms with van der Waals surface area (Å²) in [6.45, 7) is 0.329.